The van der Waals surface area contributed by atoms with Crippen LogP contribution in [0.5, 0.6) is 0 Å². The third-order valence-corrected chi connectivity index (χ3v) is 3.83. The third-order valence-electron chi connectivity index (χ3n) is 1.16. The van der Waals surface area contributed by atoms with E-state index in [9.17, 15) is 0 Å². The molecule has 1 unspecified atom stereocenters. The van der Waals surface area contributed by atoms with Gasteiger partial charge >= 0.3 is 0 Å². The van der Waals surface area contributed by atoms with Crippen molar-refractivity contribution in [1.29, 1.82) is 0 Å². The van der Waals surface area contributed by atoms with Gasteiger partial charge in [0.05, 0.1) is 30.7 Å². The topological polar surface area (TPSA) is 0 Å². The number of thiol groups is 1. The van der Waals surface area contributed by atoms with Crippen LogP contribution in [0.25, 0.3) is 0 Å². The predicted octanol–water partition coefficient (Wildman–Crippen LogP) is -0.101. The summed E-state index contributed by atoms with van der Waals surface area (Å²) in [6.45, 7) is 0. The molecule has 41 valence electrons. The quantitative estimate of drug-likeness (QED) is 0.390. The smallest absolute Gasteiger partial charge is 0.0705 e. The molecule has 0 aliphatic heterocycles. The zero-order chi connectivity index (χ0) is 7.02. The second kappa shape index (κ2) is 2.61. The maximum Gasteiger partial charge on any atom is 0.0705 e. The predicted molar refractivity (Wildman–Crippen MR) is 45.1 cm³/mol. The van der Waals surface area contributed by atoms with Crippen LogP contribution in [0.3, 0.4) is 0 Å². The average molecular weight is 179 g/mol. The molecule has 0 aromatic carbocycles. The Morgan fingerprint density at radius 3 is 2.00 bits per heavy atom. The Bertz CT molecular complexity index is 194. The lowest BCUT2D eigenvalue weighted by atomic mass is 10.5. The van der Waals surface area contributed by atoms with Crippen LogP contribution >= 0.6 is 12.6 Å². The minimum Gasteiger partial charge on any atom is -0.168 e. The van der Waals surface area contributed by atoms with Crippen molar-refractivity contribution in [2.24, 2.45) is 0 Å². The first-order chi connectivity index (χ1) is 4.13. The molecule has 0 N–H and O–H groups in total. The third kappa shape index (κ3) is 1.31. The largest absolute Gasteiger partial charge is 0.168 e. The van der Waals surface area contributed by atoms with Gasteiger partial charge in [-0.1, -0.05) is 21.7 Å². The molecule has 9 heavy (non-hydrogen) atoms. The summed E-state index contributed by atoms with van der Waals surface area (Å²) in [7, 11) is 10.3. The van der Waals surface area contributed by atoms with Crippen LogP contribution < -0.4 is 0 Å². The first kappa shape index (κ1) is 7.59. The van der Waals surface area contributed by atoms with Gasteiger partial charge in [-0.2, -0.15) is 12.6 Å². The van der Waals surface area contributed by atoms with Crippen molar-refractivity contribution < 1.29 is 0 Å². The number of rotatable bonds is 0. The highest BCUT2D eigenvalue weighted by atomic mass is 32.1. The van der Waals surface area contributed by atoms with Crippen molar-refractivity contribution >= 4 is 43.4 Å². The van der Waals surface area contributed by atoms with Gasteiger partial charge in [-0.15, -0.1) is 0 Å². The monoisotopic (exact) mass is 179 g/mol. The van der Waals surface area contributed by atoms with Crippen molar-refractivity contribution in [2.45, 2.75) is 5.25 Å². The molecule has 4 heteroatoms. The Morgan fingerprint density at radius 1 is 1.33 bits per heavy atom. The molecule has 1 aliphatic carbocycles. The Labute approximate surface area is 70.5 Å². The van der Waals surface area contributed by atoms with E-state index in [4.69, 9.17) is 0 Å². The zero-order valence-electron chi connectivity index (χ0n) is 4.60. The lowest BCUT2D eigenvalue weighted by molar-refractivity contribution is 1.44. The molecule has 0 nitrogen and oxygen atoms in total. The molecule has 0 fully saturated rings. The second-order valence-electron chi connectivity index (χ2n) is 1.81. The molecule has 0 saturated heterocycles. The van der Waals surface area contributed by atoms with E-state index in [1.54, 1.807) is 0 Å². The molecule has 9 radical (unpaired) electrons. The fourth-order valence-corrected chi connectivity index (χ4v) is 2.04. The molecular formula is C5H3SSi3. The maximum atomic E-state index is 4.26. The van der Waals surface area contributed by atoms with Crippen LogP contribution in [0, 0.1) is 0 Å². The lowest BCUT2D eigenvalue weighted by Gasteiger charge is -1.99. The van der Waals surface area contributed by atoms with E-state index >= 15 is 0 Å². The normalized spacial score (nSPS) is 27.1. The number of allylic oxidation sites excluding steroid dienone is 2. The van der Waals surface area contributed by atoms with E-state index in [-0.39, 0.29) is 5.25 Å². The Morgan fingerprint density at radius 2 is 1.89 bits per heavy atom. The van der Waals surface area contributed by atoms with Gasteiger partial charge in [-0.25, -0.2) is 0 Å². The number of hydrogen-bond acceptors (Lipinski definition) is 1. The van der Waals surface area contributed by atoms with E-state index < -0.39 is 0 Å². The summed E-state index contributed by atoms with van der Waals surface area (Å²) in [5.74, 6) is 0. The molecule has 0 aromatic heterocycles. The molecular weight excluding hydrogens is 176 g/mol. The first-order valence-electron chi connectivity index (χ1n) is 2.42. The van der Waals surface area contributed by atoms with Gasteiger partial charge in [0.15, 0.2) is 0 Å². The molecule has 0 aromatic rings. The van der Waals surface area contributed by atoms with Crippen molar-refractivity contribution in [1.82, 2.24) is 0 Å². The van der Waals surface area contributed by atoms with Crippen LogP contribution in [0.1, 0.15) is 0 Å². The summed E-state index contributed by atoms with van der Waals surface area (Å²) in [5, 5.41) is 3.36. The molecule has 1 atom stereocenters. The van der Waals surface area contributed by atoms with Crippen molar-refractivity contribution in [3.05, 3.63) is 21.7 Å². The molecule has 0 saturated carbocycles. The average Bonchev–Trinajstić information content (AvgIpc) is 1.98. The van der Waals surface area contributed by atoms with Gasteiger partial charge in [0.25, 0.3) is 0 Å². The molecule has 0 spiro atoms. The summed E-state index contributed by atoms with van der Waals surface area (Å²) >= 11 is 4.26. The molecule has 1 aliphatic rings. The van der Waals surface area contributed by atoms with E-state index in [2.05, 4.69) is 43.4 Å². The fraction of sp³-hybridized carbons (Fsp3) is 0.200. The minimum absolute atomic E-state index is 0.196. The van der Waals surface area contributed by atoms with Gasteiger partial charge < -0.3 is 0 Å². The fourth-order valence-electron chi connectivity index (χ4n) is 0.618. The van der Waals surface area contributed by atoms with E-state index in [1.807, 2.05) is 6.08 Å². The van der Waals surface area contributed by atoms with Gasteiger partial charge in [0.2, 0.25) is 0 Å². The first-order valence-corrected chi connectivity index (χ1v) is 4.44. The van der Waals surface area contributed by atoms with Crippen molar-refractivity contribution in [2.75, 3.05) is 0 Å². The highest BCUT2D eigenvalue weighted by molar-refractivity contribution is 7.81. The summed E-state index contributed by atoms with van der Waals surface area (Å²) in [5.41, 5.74) is 0. The molecule has 0 amide bonds. The van der Waals surface area contributed by atoms with Crippen molar-refractivity contribution in [3.8, 4) is 0 Å². The van der Waals surface area contributed by atoms with Gasteiger partial charge in [-0.05, 0) is 0 Å². The summed E-state index contributed by atoms with van der Waals surface area (Å²) in [6.07, 6.45) is 2.00. The maximum absolute atomic E-state index is 4.26. The van der Waals surface area contributed by atoms with Crippen LogP contribution in [0.15, 0.2) is 21.7 Å². The minimum atomic E-state index is 0.196. The summed E-state index contributed by atoms with van der Waals surface area (Å²) < 4.78 is 0. The number of hydrogen-bond donors (Lipinski definition) is 1. The molecule has 0 heterocycles. The Hall–Kier alpha value is 0.481. The SMILES string of the molecule is [Si]C1=CC(S)C([Si])=C1[Si]. The van der Waals surface area contributed by atoms with Gasteiger partial charge in [0, 0.05) is 5.25 Å². The van der Waals surface area contributed by atoms with Crippen molar-refractivity contribution in [3.63, 3.8) is 0 Å². The highest BCUT2D eigenvalue weighted by Gasteiger charge is 2.13. The molecule has 1 rings (SSSR count). The van der Waals surface area contributed by atoms with E-state index in [1.165, 1.54) is 0 Å². The van der Waals surface area contributed by atoms with E-state index in [0.29, 0.717) is 0 Å². The van der Waals surface area contributed by atoms with Crippen LogP contribution in [0.4, 0.5) is 0 Å². The van der Waals surface area contributed by atoms with Crippen LogP contribution in [-0.2, 0) is 0 Å². The van der Waals surface area contributed by atoms with Crippen LogP contribution in [-0.4, -0.2) is 36.0 Å². The lowest BCUT2D eigenvalue weighted by Crippen LogP contribution is -1.96. The van der Waals surface area contributed by atoms with Gasteiger partial charge in [-0.3, -0.25) is 0 Å². The highest BCUT2D eigenvalue weighted by Crippen LogP contribution is 2.23. The second-order valence-corrected chi connectivity index (χ2v) is 3.95. The summed E-state index contributed by atoms with van der Waals surface area (Å²) in [6, 6.07) is 0. The van der Waals surface area contributed by atoms with Crippen LogP contribution in [0.2, 0.25) is 0 Å². The summed E-state index contributed by atoms with van der Waals surface area (Å²) in [4.78, 5) is 0. The van der Waals surface area contributed by atoms with Gasteiger partial charge in [0.1, 0.15) is 0 Å². The van der Waals surface area contributed by atoms with E-state index in [0.717, 1.165) is 15.6 Å². The standard InChI is InChI=1S/C5H3SSi3/c6-2-1-3(7)5(9)4(2)8/h1-2,6H. The molecule has 0 bridgehead atoms. The zero-order valence-corrected chi connectivity index (χ0v) is 8.50. The Balaban J connectivity index is 2.97. The Kier molecular flexibility index (Phi) is 2.20.